The number of oxazole rings is 1. The average Bonchev–Trinajstić information content (AvgIpc) is 3.02. The zero-order chi connectivity index (χ0) is 16.4. The summed E-state index contributed by atoms with van der Waals surface area (Å²) < 4.78 is 35.6. The highest BCUT2D eigenvalue weighted by atomic mass is 32.2. The monoisotopic (exact) mass is 336 g/mol. The van der Waals surface area contributed by atoms with Gasteiger partial charge in [-0.3, -0.25) is 4.57 Å². The Kier molecular flexibility index (Phi) is 4.08. The van der Waals surface area contributed by atoms with Crippen LogP contribution in [0.25, 0.3) is 11.1 Å². The van der Waals surface area contributed by atoms with Crippen LogP contribution in [0, 0.1) is 6.92 Å². The van der Waals surface area contributed by atoms with Crippen LogP contribution in [-0.2, 0) is 22.1 Å². The first-order valence-corrected chi connectivity index (χ1v) is 8.98. The van der Waals surface area contributed by atoms with Crippen LogP contribution in [0.3, 0.4) is 0 Å². The molecule has 2 heterocycles. The molecule has 0 atom stereocenters. The Labute approximate surface area is 132 Å². The lowest BCUT2D eigenvalue weighted by Gasteiger charge is -2.03. The van der Waals surface area contributed by atoms with E-state index in [1.165, 1.54) is 4.57 Å². The third-order valence-corrected chi connectivity index (χ3v) is 5.10. The summed E-state index contributed by atoms with van der Waals surface area (Å²) in [7, 11) is -3.31. The number of fused-ring (bicyclic) bond motifs is 1. The van der Waals surface area contributed by atoms with E-state index in [1.54, 1.807) is 37.3 Å². The van der Waals surface area contributed by atoms with Gasteiger partial charge in [-0.2, -0.15) is 0 Å². The van der Waals surface area contributed by atoms with E-state index >= 15 is 0 Å². The number of nitrogens with zero attached hydrogens (tertiary/aromatic N) is 2. The number of rotatable bonds is 6. The second-order valence-corrected chi connectivity index (χ2v) is 7.55. The summed E-state index contributed by atoms with van der Waals surface area (Å²) in [6.45, 7) is 1.99. The summed E-state index contributed by atoms with van der Waals surface area (Å²) in [5, 5.41) is 3.69. The van der Waals surface area contributed by atoms with Crippen LogP contribution in [0.5, 0.6) is 0 Å². The summed E-state index contributed by atoms with van der Waals surface area (Å²) in [6, 6.07) is 8.66. The molecule has 0 saturated carbocycles. The van der Waals surface area contributed by atoms with Crippen molar-refractivity contribution in [1.82, 2.24) is 9.72 Å². The summed E-state index contributed by atoms with van der Waals surface area (Å²) in [4.78, 5) is 11.8. The molecule has 122 valence electrons. The number of para-hydroxylation sites is 2. The van der Waals surface area contributed by atoms with Crippen molar-refractivity contribution >= 4 is 20.9 Å². The molecule has 3 aromatic rings. The Morgan fingerprint density at radius 2 is 2.04 bits per heavy atom. The zero-order valence-electron chi connectivity index (χ0n) is 12.6. The Hall–Kier alpha value is -2.35. The predicted molar refractivity (Wildman–Crippen MR) is 83.8 cm³/mol. The maximum absolute atomic E-state index is 12.1. The Balaban J connectivity index is 1.66. The van der Waals surface area contributed by atoms with Gasteiger partial charge in [0.1, 0.15) is 5.76 Å². The van der Waals surface area contributed by atoms with Gasteiger partial charge in [0.15, 0.2) is 15.4 Å². The van der Waals surface area contributed by atoms with E-state index in [-0.39, 0.29) is 18.1 Å². The van der Waals surface area contributed by atoms with Crippen LogP contribution in [0.15, 0.2) is 44.1 Å². The fourth-order valence-corrected chi connectivity index (χ4v) is 3.75. The number of benzene rings is 1. The van der Waals surface area contributed by atoms with Gasteiger partial charge in [-0.05, 0) is 25.5 Å². The van der Waals surface area contributed by atoms with Crippen molar-refractivity contribution < 1.29 is 17.4 Å². The van der Waals surface area contributed by atoms with Gasteiger partial charge in [0.25, 0.3) is 0 Å². The summed E-state index contributed by atoms with van der Waals surface area (Å²) in [6.07, 6.45) is 0.322. The molecular weight excluding hydrogens is 320 g/mol. The van der Waals surface area contributed by atoms with E-state index < -0.39 is 15.6 Å². The molecule has 8 heteroatoms. The number of hydrogen-bond acceptors (Lipinski definition) is 6. The van der Waals surface area contributed by atoms with Crippen molar-refractivity contribution in [2.24, 2.45) is 0 Å². The highest BCUT2D eigenvalue weighted by molar-refractivity contribution is 7.90. The van der Waals surface area contributed by atoms with Crippen LogP contribution in [0.1, 0.15) is 17.9 Å². The van der Waals surface area contributed by atoms with Crippen LogP contribution in [-0.4, -0.2) is 23.9 Å². The lowest BCUT2D eigenvalue weighted by atomic mass is 10.3. The third kappa shape index (κ3) is 3.53. The van der Waals surface area contributed by atoms with Crippen LogP contribution in [0.2, 0.25) is 0 Å². The molecule has 0 aliphatic rings. The molecule has 1 aromatic carbocycles. The third-order valence-electron chi connectivity index (χ3n) is 3.46. The zero-order valence-corrected chi connectivity index (χ0v) is 13.4. The molecule has 0 amide bonds. The topological polar surface area (TPSA) is 95.3 Å². The molecule has 0 spiro atoms. The van der Waals surface area contributed by atoms with E-state index in [4.69, 9.17) is 8.94 Å². The first-order chi connectivity index (χ1) is 10.9. The van der Waals surface area contributed by atoms with Crippen molar-refractivity contribution in [3.05, 3.63) is 52.3 Å². The van der Waals surface area contributed by atoms with Gasteiger partial charge in [-0.1, -0.05) is 17.3 Å². The molecule has 2 aromatic heterocycles. The smallest absolute Gasteiger partial charge is 0.408 e. The molecule has 0 radical (unpaired) electrons. The molecule has 0 aliphatic carbocycles. The molecular formula is C15H16N2O5S. The van der Waals surface area contributed by atoms with E-state index in [1.807, 2.05) is 0 Å². The highest BCUT2D eigenvalue weighted by Crippen LogP contribution is 2.13. The molecule has 0 N–H and O–H groups in total. The van der Waals surface area contributed by atoms with E-state index in [2.05, 4.69) is 5.16 Å². The molecule has 3 rings (SSSR count). The predicted octanol–water partition coefficient (Wildman–Crippen LogP) is 1.90. The Morgan fingerprint density at radius 1 is 1.26 bits per heavy atom. The second-order valence-electron chi connectivity index (χ2n) is 5.36. The van der Waals surface area contributed by atoms with Gasteiger partial charge in [0, 0.05) is 12.6 Å². The van der Waals surface area contributed by atoms with Gasteiger partial charge in [-0.25, -0.2) is 13.2 Å². The molecule has 0 unspecified atom stereocenters. The average molecular weight is 336 g/mol. The first-order valence-electron chi connectivity index (χ1n) is 7.16. The lowest BCUT2D eigenvalue weighted by Crippen LogP contribution is -2.17. The first kappa shape index (κ1) is 15.5. The fraction of sp³-hybridized carbons (Fsp3) is 0.333. The van der Waals surface area contributed by atoms with Crippen LogP contribution in [0.4, 0.5) is 0 Å². The van der Waals surface area contributed by atoms with Crippen molar-refractivity contribution in [2.45, 2.75) is 25.6 Å². The van der Waals surface area contributed by atoms with E-state index in [0.29, 0.717) is 29.0 Å². The Bertz CT molecular complexity index is 981. The van der Waals surface area contributed by atoms with E-state index in [9.17, 15) is 13.2 Å². The number of sulfone groups is 1. The molecule has 0 aliphatic heterocycles. The number of aryl methyl sites for hydroxylation is 2. The minimum atomic E-state index is -3.31. The van der Waals surface area contributed by atoms with Gasteiger partial charge < -0.3 is 8.94 Å². The van der Waals surface area contributed by atoms with Crippen LogP contribution >= 0.6 is 0 Å². The minimum Gasteiger partial charge on any atom is -0.408 e. The largest absolute Gasteiger partial charge is 0.419 e. The SMILES string of the molecule is Cc1cc(CS(=O)(=O)CCCn2c(=O)oc3ccccc32)no1. The fourth-order valence-electron chi connectivity index (χ4n) is 2.45. The maximum Gasteiger partial charge on any atom is 0.419 e. The normalized spacial score (nSPS) is 12.0. The van der Waals surface area contributed by atoms with Crippen molar-refractivity contribution in [2.75, 3.05) is 5.75 Å². The number of aromatic nitrogens is 2. The lowest BCUT2D eigenvalue weighted by molar-refractivity contribution is 0.392. The maximum atomic E-state index is 12.1. The minimum absolute atomic E-state index is 0.0369. The van der Waals surface area contributed by atoms with Crippen molar-refractivity contribution in [3.63, 3.8) is 0 Å². The summed E-state index contributed by atoms with van der Waals surface area (Å²) in [5.41, 5.74) is 1.56. The molecule has 0 saturated heterocycles. The molecule has 7 nitrogen and oxygen atoms in total. The van der Waals surface area contributed by atoms with Crippen molar-refractivity contribution in [3.8, 4) is 0 Å². The van der Waals surface area contributed by atoms with E-state index in [0.717, 1.165) is 0 Å². The van der Waals surface area contributed by atoms with Crippen molar-refractivity contribution in [1.29, 1.82) is 0 Å². The van der Waals surface area contributed by atoms with Gasteiger partial charge in [0.05, 0.1) is 22.7 Å². The number of hydrogen-bond donors (Lipinski definition) is 0. The quantitative estimate of drug-likeness (QED) is 0.682. The molecule has 0 fully saturated rings. The Morgan fingerprint density at radius 3 is 2.78 bits per heavy atom. The molecule has 23 heavy (non-hydrogen) atoms. The van der Waals surface area contributed by atoms with Crippen LogP contribution < -0.4 is 5.76 Å². The summed E-state index contributed by atoms with van der Waals surface area (Å²) in [5.74, 6) is -0.0988. The molecule has 0 bridgehead atoms. The van der Waals surface area contributed by atoms with Gasteiger partial charge in [-0.15, -0.1) is 0 Å². The second kappa shape index (κ2) is 6.04. The summed E-state index contributed by atoms with van der Waals surface area (Å²) >= 11 is 0. The van der Waals surface area contributed by atoms with Gasteiger partial charge >= 0.3 is 5.76 Å². The standard InChI is InChI=1S/C15H16N2O5S/c1-11-9-12(16-22-11)10-23(19,20)8-4-7-17-13-5-2-3-6-14(13)21-15(17)18/h2-3,5-6,9H,4,7-8,10H2,1H3. The highest BCUT2D eigenvalue weighted by Gasteiger charge is 2.16. The van der Waals surface area contributed by atoms with Gasteiger partial charge in [0.2, 0.25) is 0 Å².